The molecule has 0 saturated heterocycles. The lowest BCUT2D eigenvalue weighted by Crippen LogP contribution is -2.36. The second kappa shape index (κ2) is 6.95. The van der Waals surface area contributed by atoms with Gasteiger partial charge in [0.2, 0.25) is 0 Å². The van der Waals surface area contributed by atoms with Crippen molar-refractivity contribution in [3.05, 3.63) is 0 Å². The SMILES string of the molecule is NCCCNC(CO)CO. The summed E-state index contributed by atoms with van der Waals surface area (Å²) in [5, 5.41) is 20.1. The normalized spacial score (nSPS) is 10.8. The molecule has 0 aromatic rings. The Balaban J connectivity index is 3.09. The van der Waals surface area contributed by atoms with Crippen LogP contribution >= 0.6 is 0 Å². The fourth-order valence-electron chi connectivity index (χ4n) is 0.595. The molecule has 0 amide bonds. The van der Waals surface area contributed by atoms with E-state index in [0.29, 0.717) is 6.54 Å². The van der Waals surface area contributed by atoms with E-state index in [-0.39, 0.29) is 19.3 Å². The summed E-state index contributed by atoms with van der Waals surface area (Å²) in [4.78, 5) is 0. The summed E-state index contributed by atoms with van der Waals surface area (Å²) >= 11 is 0. The Morgan fingerprint density at radius 1 is 1.30 bits per heavy atom. The maximum Gasteiger partial charge on any atom is 0.0607 e. The Hall–Kier alpha value is -0.160. The van der Waals surface area contributed by atoms with E-state index in [1.165, 1.54) is 0 Å². The molecule has 5 N–H and O–H groups in total. The van der Waals surface area contributed by atoms with Gasteiger partial charge in [-0.15, -0.1) is 0 Å². The molecule has 4 heteroatoms. The minimum absolute atomic E-state index is 0.0267. The molecule has 0 unspecified atom stereocenters. The quantitative estimate of drug-likeness (QED) is 0.338. The first-order valence-electron chi connectivity index (χ1n) is 3.50. The lowest BCUT2D eigenvalue weighted by atomic mass is 10.3. The molecular weight excluding hydrogens is 132 g/mol. The smallest absolute Gasteiger partial charge is 0.0607 e. The molecule has 0 radical (unpaired) electrons. The van der Waals surface area contributed by atoms with Crippen LogP contribution in [0, 0.1) is 0 Å². The fourth-order valence-corrected chi connectivity index (χ4v) is 0.595. The maximum absolute atomic E-state index is 8.57. The van der Waals surface area contributed by atoms with Crippen molar-refractivity contribution in [3.63, 3.8) is 0 Å². The zero-order valence-corrected chi connectivity index (χ0v) is 6.08. The molecule has 0 spiro atoms. The summed E-state index contributed by atoms with van der Waals surface area (Å²) in [6, 6.07) is -0.188. The second-order valence-electron chi connectivity index (χ2n) is 2.16. The molecule has 62 valence electrons. The number of hydrogen-bond acceptors (Lipinski definition) is 4. The highest BCUT2D eigenvalue weighted by atomic mass is 16.3. The van der Waals surface area contributed by atoms with Gasteiger partial charge in [-0.3, -0.25) is 0 Å². The maximum atomic E-state index is 8.57. The third-order valence-corrected chi connectivity index (χ3v) is 1.25. The molecule has 0 aromatic carbocycles. The van der Waals surface area contributed by atoms with E-state index in [9.17, 15) is 0 Å². The van der Waals surface area contributed by atoms with Crippen LogP contribution in [0.2, 0.25) is 0 Å². The van der Waals surface area contributed by atoms with Crippen molar-refractivity contribution in [1.82, 2.24) is 5.32 Å². The highest BCUT2D eigenvalue weighted by molar-refractivity contribution is 4.62. The van der Waals surface area contributed by atoms with E-state index in [1.807, 2.05) is 0 Å². The molecule has 4 nitrogen and oxygen atoms in total. The molecular formula is C6H16N2O2. The Bertz CT molecular complexity index is 66.8. The van der Waals surface area contributed by atoms with Crippen LogP contribution < -0.4 is 11.1 Å². The van der Waals surface area contributed by atoms with Crippen LogP contribution in [0.4, 0.5) is 0 Å². The van der Waals surface area contributed by atoms with Gasteiger partial charge in [-0.05, 0) is 19.5 Å². The summed E-state index contributed by atoms with van der Waals surface area (Å²) < 4.78 is 0. The molecule has 0 bridgehead atoms. The molecule has 0 aromatic heterocycles. The lowest BCUT2D eigenvalue weighted by molar-refractivity contribution is 0.171. The summed E-state index contributed by atoms with van der Waals surface area (Å²) in [6.45, 7) is 1.33. The number of nitrogens with one attached hydrogen (secondary N) is 1. The summed E-state index contributed by atoms with van der Waals surface area (Å²) in [5.74, 6) is 0. The van der Waals surface area contributed by atoms with Crippen LogP contribution in [-0.4, -0.2) is 42.6 Å². The van der Waals surface area contributed by atoms with E-state index in [4.69, 9.17) is 15.9 Å². The predicted octanol–water partition coefficient (Wildman–Crippen LogP) is -1.72. The van der Waals surface area contributed by atoms with Crippen LogP contribution in [0.15, 0.2) is 0 Å². The molecule has 0 atom stereocenters. The Kier molecular flexibility index (Phi) is 6.84. The van der Waals surface area contributed by atoms with Gasteiger partial charge in [0.1, 0.15) is 0 Å². The van der Waals surface area contributed by atoms with Crippen LogP contribution in [-0.2, 0) is 0 Å². The van der Waals surface area contributed by atoms with E-state index in [2.05, 4.69) is 5.32 Å². The number of aliphatic hydroxyl groups excluding tert-OH is 2. The topological polar surface area (TPSA) is 78.5 Å². The zero-order chi connectivity index (χ0) is 7.82. The van der Waals surface area contributed by atoms with Gasteiger partial charge in [-0.25, -0.2) is 0 Å². The largest absolute Gasteiger partial charge is 0.395 e. The number of hydrogen-bond donors (Lipinski definition) is 4. The molecule has 0 fully saturated rings. The van der Waals surface area contributed by atoms with Gasteiger partial charge in [-0.1, -0.05) is 0 Å². The van der Waals surface area contributed by atoms with Crippen LogP contribution in [0.25, 0.3) is 0 Å². The van der Waals surface area contributed by atoms with E-state index < -0.39 is 0 Å². The van der Waals surface area contributed by atoms with E-state index in [1.54, 1.807) is 0 Å². The van der Waals surface area contributed by atoms with Gasteiger partial charge in [0.15, 0.2) is 0 Å². The average Bonchev–Trinajstić information content (AvgIpc) is 1.99. The minimum Gasteiger partial charge on any atom is -0.395 e. The molecule has 10 heavy (non-hydrogen) atoms. The first-order chi connectivity index (χ1) is 4.85. The van der Waals surface area contributed by atoms with Crippen LogP contribution in [0.5, 0.6) is 0 Å². The van der Waals surface area contributed by atoms with Crippen LogP contribution in [0.3, 0.4) is 0 Å². The summed E-state index contributed by atoms with van der Waals surface area (Å²) in [5.41, 5.74) is 5.23. The number of nitrogens with two attached hydrogens (primary N) is 1. The Morgan fingerprint density at radius 3 is 2.30 bits per heavy atom. The van der Waals surface area contributed by atoms with Gasteiger partial charge in [-0.2, -0.15) is 0 Å². The van der Waals surface area contributed by atoms with Crippen molar-refractivity contribution in [2.75, 3.05) is 26.3 Å². The van der Waals surface area contributed by atoms with Gasteiger partial charge in [0, 0.05) is 0 Å². The Labute approximate surface area is 61.0 Å². The molecule has 0 rings (SSSR count). The fraction of sp³-hybridized carbons (Fsp3) is 1.00. The minimum atomic E-state index is -0.188. The van der Waals surface area contributed by atoms with Gasteiger partial charge < -0.3 is 21.3 Å². The van der Waals surface area contributed by atoms with Crippen molar-refractivity contribution in [1.29, 1.82) is 0 Å². The van der Waals surface area contributed by atoms with Crippen LogP contribution in [0.1, 0.15) is 6.42 Å². The second-order valence-corrected chi connectivity index (χ2v) is 2.16. The zero-order valence-electron chi connectivity index (χ0n) is 6.08. The monoisotopic (exact) mass is 148 g/mol. The van der Waals surface area contributed by atoms with Gasteiger partial charge in [0.05, 0.1) is 19.3 Å². The predicted molar refractivity (Wildman–Crippen MR) is 39.6 cm³/mol. The summed E-state index contributed by atoms with van der Waals surface area (Å²) in [6.07, 6.45) is 0.872. The third kappa shape index (κ3) is 4.69. The third-order valence-electron chi connectivity index (χ3n) is 1.25. The first-order valence-corrected chi connectivity index (χ1v) is 3.50. The average molecular weight is 148 g/mol. The molecule has 0 aliphatic heterocycles. The highest BCUT2D eigenvalue weighted by Gasteiger charge is 2.01. The molecule has 0 saturated carbocycles. The molecule has 0 aliphatic carbocycles. The van der Waals surface area contributed by atoms with Gasteiger partial charge >= 0.3 is 0 Å². The highest BCUT2D eigenvalue weighted by Crippen LogP contribution is 1.79. The summed E-state index contributed by atoms with van der Waals surface area (Å²) in [7, 11) is 0. The van der Waals surface area contributed by atoms with E-state index >= 15 is 0 Å². The lowest BCUT2D eigenvalue weighted by Gasteiger charge is -2.11. The number of aliphatic hydroxyl groups is 2. The molecule has 0 aliphatic rings. The van der Waals surface area contributed by atoms with Crippen molar-refractivity contribution < 1.29 is 10.2 Å². The van der Waals surface area contributed by atoms with Crippen molar-refractivity contribution in [2.45, 2.75) is 12.5 Å². The molecule has 0 heterocycles. The van der Waals surface area contributed by atoms with Crippen molar-refractivity contribution in [2.24, 2.45) is 5.73 Å². The van der Waals surface area contributed by atoms with E-state index in [0.717, 1.165) is 13.0 Å². The Morgan fingerprint density at radius 2 is 1.90 bits per heavy atom. The number of rotatable bonds is 6. The first kappa shape index (κ1) is 9.84. The standard InChI is InChI=1S/C6H16N2O2/c7-2-1-3-8-6(4-9)5-10/h6,8-10H,1-5,7H2. The van der Waals surface area contributed by atoms with Crippen molar-refractivity contribution in [3.8, 4) is 0 Å². The van der Waals surface area contributed by atoms with Gasteiger partial charge in [0.25, 0.3) is 0 Å². The van der Waals surface area contributed by atoms with Crippen molar-refractivity contribution >= 4 is 0 Å².